The summed E-state index contributed by atoms with van der Waals surface area (Å²) in [5, 5.41) is 10.9. The van der Waals surface area contributed by atoms with Crippen molar-refractivity contribution < 1.29 is 28.9 Å². The lowest BCUT2D eigenvalue weighted by Gasteiger charge is -2.15. The standard InChI is InChI=1S/C12H15N3O6/c1-7(16)19-13-10-5-4-6-11(14-20-8(2)17)12(10)15-21-9(3)18/h4-6H2,1-3H3. The van der Waals surface area contributed by atoms with Gasteiger partial charge in [0.15, 0.2) is 5.71 Å². The van der Waals surface area contributed by atoms with E-state index in [1.807, 2.05) is 0 Å². The van der Waals surface area contributed by atoms with E-state index >= 15 is 0 Å². The first-order valence-corrected chi connectivity index (χ1v) is 6.15. The van der Waals surface area contributed by atoms with E-state index in [2.05, 4.69) is 30.0 Å². The van der Waals surface area contributed by atoms with Crippen LogP contribution in [0.3, 0.4) is 0 Å². The van der Waals surface area contributed by atoms with Crippen molar-refractivity contribution >= 4 is 35.0 Å². The van der Waals surface area contributed by atoms with Gasteiger partial charge in [-0.1, -0.05) is 15.5 Å². The Morgan fingerprint density at radius 1 is 0.762 bits per heavy atom. The molecule has 1 fully saturated rings. The molecule has 1 aliphatic rings. The Balaban J connectivity index is 3.06. The Morgan fingerprint density at radius 2 is 1.14 bits per heavy atom. The fourth-order valence-electron chi connectivity index (χ4n) is 1.46. The summed E-state index contributed by atoms with van der Waals surface area (Å²) in [4.78, 5) is 46.1. The molecule has 9 nitrogen and oxygen atoms in total. The summed E-state index contributed by atoms with van der Waals surface area (Å²) >= 11 is 0. The Kier molecular flexibility index (Phi) is 6.18. The summed E-state index contributed by atoms with van der Waals surface area (Å²) in [5.74, 6) is -1.83. The fraction of sp³-hybridized carbons (Fsp3) is 0.500. The number of carbonyl (C=O) groups is 3. The molecule has 0 aliphatic heterocycles. The highest BCUT2D eigenvalue weighted by Gasteiger charge is 2.25. The lowest BCUT2D eigenvalue weighted by Crippen LogP contribution is -2.30. The van der Waals surface area contributed by atoms with Gasteiger partial charge in [-0.15, -0.1) is 0 Å². The third-order valence-corrected chi connectivity index (χ3v) is 2.21. The second-order valence-corrected chi connectivity index (χ2v) is 4.12. The van der Waals surface area contributed by atoms with E-state index in [4.69, 9.17) is 0 Å². The fourth-order valence-corrected chi connectivity index (χ4v) is 1.46. The molecule has 0 saturated heterocycles. The van der Waals surface area contributed by atoms with Crippen molar-refractivity contribution in [2.75, 3.05) is 0 Å². The zero-order valence-corrected chi connectivity index (χ0v) is 11.9. The highest BCUT2D eigenvalue weighted by Crippen LogP contribution is 2.13. The van der Waals surface area contributed by atoms with Gasteiger partial charge in [0.25, 0.3) is 0 Å². The Hall–Kier alpha value is -2.58. The maximum Gasteiger partial charge on any atom is 0.332 e. The third kappa shape index (κ3) is 5.93. The molecule has 114 valence electrons. The molecule has 0 heterocycles. The van der Waals surface area contributed by atoms with Crippen LogP contribution >= 0.6 is 0 Å². The summed E-state index contributed by atoms with van der Waals surface area (Å²) in [6, 6.07) is 0. The molecule has 0 radical (unpaired) electrons. The topological polar surface area (TPSA) is 116 Å². The summed E-state index contributed by atoms with van der Waals surface area (Å²) in [6.45, 7) is 3.58. The molecule has 0 aromatic rings. The largest absolute Gasteiger partial charge is 0.332 e. The average Bonchev–Trinajstić information content (AvgIpc) is 2.40. The number of hydrogen-bond acceptors (Lipinski definition) is 9. The van der Waals surface area contributed by atoms with Crippen LogP contribution in [0.4, 0.5) is 0 Å². The van der Waals surface area contributed by atoms with Crippen molar-refractivity contribution in [3.8, 4) is 0 Å². The van der Waals surface area contributed by atoms with E-state index in [1.165, 1.54) is 20.8 Å². The molecule has 0 atom stereocenters. The summed E-state index contributed by atoms with van der Waals surface area (Å²) in [5.41, 5.74) is 0.672. The predicted molar refractivity (Wildman–Crippen MR) is 71.5 cm³/mol. The van der Waals surface area contributed by atoms with Crippen LogP contribution in [0.1, 0.15) is 40.0 Å². The highest BCUT2D eigenvalue weighted by molar-refractivity contribution is 6.69. The third-order valence-electron chi connectivity index (χ3n) is 2.21. The second-order valence-electron chi connectivity index (χ2n) is 4.12. The van der Waals surface area contributed by atoms with Gasteiger partial charge in [0.2, 0.25) is 0 Å². The summed E-state index contributed by atoms with van der Waals surface area (Å²) in [7, 11) is 0. The van der Waals surface area contributed by atoms with Crippen LogP contribution in [-0.4, -0.2) is 35.0 Å². The van der Waals surface area contributed by atoms with Crippen molar-refractivity contribution in [3.63, 3.8) is 0 Å². The zero-order valence-electron chi connectivity index (χ0n) is 11.9. The highest BCUT2D eigenvalue weighted by atomic mass is 16.7. The molecule has 0 amide bonds. The van der Waals surface area contributed by atoms with Crippen molar-refractivity contribution in [2.24, 2.45) is 15.5 Å². The Labute approximate surface area is 120 Å². The van der Waals surface area contributed by atoms with Crippen molar-refractivity contribution in [1.29, 1.82) is 0 Å². The maximum absolute atomic E-state index is 10.9. The minimum absolute atomic E-state index is 0.110. The van der Waals surface area contributed by atoms with E-state index in [0.717, 1.165) is 0 Å². The summed E-state index contributed by atoms with van der Waals surface area (Å²) < 4.78 is 0. The average molecular weight is 297 g/mol. The SMILES string of the molecule is CC(=O)ON=C1CCCC(=NOC(C)=O)C1=NOC(C)=O. The van der Waals surface area contributed by atoms with Crippen LogP contribution in [0.25, 0.3) is 0 Å². The molecule has 0 bridgehead atoms. The summed E-state index contributed by atoms with van der Waals surface area (Å²) in [6.07, 6.45) is 1.54. The molecule has 0 spiro atoms. The predicted octanol–water partition coefficient (Wildman–Crippen LogP) is 0.928. The van der Waals surface area contributed by atoms with Gasteiger partial charge in [-0.05, 0) is 19.3 Å². The maximum atomic E-state index is 10.9. The first kappa shape index (κ1) is 16.5. The van der Waals surface area contributed by atoms with Gasteiger partial charge in [-0.25, -0.2) is 14.4 Å². The van der Waals surface area contributed by atoms with Gasteiger partial charge in [-0.3, -0.25) is 0 Å². The Morgan fingerprint density at radius 3 is 1.52 bits per heavy atom. The smallest absolute Gasteiger partial charge is 0.318 e. The van der Waals surface area contributed by atoms with Crippen LogP contribution in [-0.2, 0) is 28.9 Å². The van der Waals surface area contributed by atoms with Gasteiger partial charge < -0.3 is 14.5 Å². The molecular weight excluding hydrogens is 282 g/mol. The minimum Gasteiger partial charge on any atom is -0.318 e. The number of nitrogens with zero attached hydrogens (tertiary/aromatic N) is 3. The zero-order chi connectivity index (χ0) is 15.8. The van der Waals surface area contributed by atoms with Gasteiger partial charge in [0, 0.05) is 20.8 Å². The molecule has 0 aromatic heterocycles. The monoisotopic (exact) mass is 297 g/mol. The first-order chi connectivity index (χ1) is 9.90. The number of hydrogen-bond donors (Lipinski definition) is 0. The molecular formula is C12H15N3O6. The van der Waals surface area contributed by atoms with Crippen LogP contribution < -0.4 is 0 Å². The van der Waals surface area contributed by atoms with Crippen LogP contribution in [0.2, 0.25) is 0 Å². The minimum atomic E-state index is -0.633. The molecule has 0 aromatic carbocycles. The van der Waals surface area contributed by atoms with Gasteiger partial charge in [0.05, 0.1) is 0 Å². The Bertz CT molecular complexity index is 499. The van der Waals surface area contributed by atoms with E-state index in [-0.39, 0.29) is 17.1 Å². The second kappa shape index (κ2) is 7.88. The molecule has 1 saturated carbocycles. The molecule has 9 heteroatoms. The van der Waals surface area contributed by atoms with Crippen molar-refractivity contribution in [2.45, 2.75) is 40.0 Å². The van der Waals surface area contributed by atoms with E-state index < -0.39 is 17.9 Å². The molecule has 1 rings (SSSR count). The first-order valence-electron chi connectivity index (χ1n) is 6.15. The molecule has 21 heavy (non-hydrogen) atoms. The van der Waals surface area contributed by atoms with Gasteiger partial charge >= 0.3 is 17.9 Å². The normalized spacial score (nSPS) is 18.3. The van der Waals surface area contributed by atoms with Crippen LogP contribution in [0.5, 0.6) is 0 Å². The lowest BCUT2D eigenvalue weighted by molar-refractivity contribution is -0.142. The van der Waals surface area contributed by atoms with Gasteiger partial charge in [-0.2, -0.15) is 0 Å². The van der Waals surface area contributed by atoms with Crippen LogP contribution in [0, 0.1) is 0 Å². The van der Waals surface area contributed by atoms with Crippen LogP contribution in [0.15, 0.2) is 15.5 Å². The number of rotatable bonds is 3. The van der Waals surface area contributed by atoms with E-state index in [0.29, 0.717) is 19.3 Å². The lowest BCUT2D eigenvalue weighted by atomic mass is 9.94. The van der Waals surface area contributed by atoms with Gasteiger partial charge in [0.1, 0.15) is 11.4 Å². The van der Waals surface area contributed by atoms with Crippen molar-refractivity contribution in [1.82, 2.24) is 0 Å². The van der Waals surface area contributed by atoms with Crippen molar-refractivity contribution in [3.05, 3.63) is 0 Å². The van der Waals surface area contributed by atoms with E-state index in [1.54, 1.807) is 0 Å². The molecule has 0 unspecified atom stereocenters. The van der Waals surface area contributed by atoms with E-state index in [9.17, 15) is 14.4 Å². The number of carbonyl (C=O) groups excluding carboxylic acids is 3. The molecule has 0 N–H and O–H groups in total. The quantitative estimate of drug-likeness (QED) is 0.565. The number of oxime groups is 3. The molecule has 1 aliphatic carbocycles.